The number of amides is 1. The summed E-state index contributed by atoms with van der Waals surface area (Å²) in [7, 11) is 0. The van der Waals surface area contributed by atoms with Gasteiger partial charge in [-0.15, -0.1) is 12.4 Å². The highest BCUT2D eigenvalue weighted by molar-refractivity contribution is 5.85. The molecule has 1 aromatic carbocycles. The normalized spacial score (nSPS) is 23.3. The summed E-state index contributed by atoms with van der Waals surface area (Å²) in [6, 6.07) is 10.6. The zero-order valence-corrected chi connectivity index (χ0v) is 14.4. The van der Waals surface area contributed by atoms with Gasteiger partial charge in [0.2, 0.25) is 5.91 Å². The summed E-state index contributed by atoms with van der Waals surface area (Å²) >= 11 is 0. The van der Waals surface area contributed by atoms with Crippen LogP contribution in [0.2, 0.25) is 0 Å². The molecule has 128 valence electrons. The zero-order valence-electron chi connectivity index (χ0n) is 13.6. The number of benzene rings is 1. The molecule has 0 aliphatic carbocycles. The van der Waals surface area contributed by atoms with E-state index in [1.807, 2.05) is 11.0 Å². The van der Waals surface area contributed by atoms with Gasteiger partial charge in [-0.25, -0.2) is 0 Å². The summed E-state index contributed by atoms with van der Waals surface area (Å²) in [5.74, 6) is 0.829. The highest BCUT2D eigenvalue weighted by Crippen LogP contribution is 2.34. The van der Waals surface area contributed by atoms with Gasteiger partial charge in [0.05, 0.1) is 5.41 Å². The zero-order chi connectivity index (χ0) is 15.4. The van der Waals surface area contributed by atoms with E-state index < -0.39 is 0 Å². The Balaban J connectivity index is 0.00000192. The molecule has 23 heavy (non-hydrogen) atoms. The van der Waals surface area contributed by atoms with Crippen molar-refractivity contribution in [2.24, 2.45) is 17.1 Å². The van der Waals surface area contributed by atoms with Crippen LogP contribution in [0.3, 0.4) is 0 Å². The fourth-order valence-corrected chi connectivity index (χ4v) is 3.73. The Morgan fingerprint density at radius 3 is 2.61 bits per heavy atom. The highest BCUT2D eigenvalue weighted by Gasteiger charge is 2.43. The van der Waals surface area contributed by atoms with Gasteiger partial charge in [0.25, 0.3) is 0 Å². The number of carbonyl (C=O) groups is 1. The molecular weight excluding hydrogens is 312 g/mol. The average Bonchev–Trinajstić information content (AvgIpc) is 3.04. The van der Waals surface area contributed by atoms with E-state index in [9.17, 15) is 4.79 Å². The van der Waals surface area contributed by atoms with Crippen molar-refractivity contribution >= 4 is 18.3 Å². The standard InChI is InChI=1S/C18H26N2O2.ClH/c19-14-18(7-10-22-11-8-18)17(21)20-9-6-16(13-20)12-15-4-2-1-3-5-15;/h1-5,16H,6-14,19H2;1H. The molecule has 2 fully saturated rings. The Labute approximate surface area is 144 Å². The first-order valence-corrected chi connectivity index (χ1v) is 8.35. The van der Waals surface area contributed by atoms with Crippen LogP contribution in [0.5, 0.6) is 0 Å². The molecule has 0 bridgehead atoms. The quantitative estimate of drug-likeness (QED) is 0.916. The summed E-state index contributed by atoms with van der Waals surface area (Å²) in [6.45, 7) is 3.50. The number of hydrogen-bond donors (Lipinski definition) is 1. The Hall–Kier alpha value is -1.10. The molecule has 0 radical (unpaired) electrons. The van der Waals surface area contributed by atoms with Crippen molar-refractivity contribution in [2.45, 2.75) is 25.7 Å². The summed E-state index contributed by atoms with van der Waals surface area (Å²) in [5, 5.41) is 0. The smallest absolute Gasteiger partial charge is 0.230 e. The van der Waals surface area contributed by atoms with Crippen LogP contribution in [-0.4, -0.2) is 43.7 Å². The van der Waals surface area contributed by atoms with Crippen molar-refractivity contribution in [1.82, 2.24) is 4.90 Å². The number of nitrogens with two attached hydrogens (primary N) is 1. The van der Waals surface area contributed by atoms with Gasteiger partial charge in [-0.05, 0) is 37.2 Å². The maximum absolute atomic E-state index is 12.9. The van der Waals surface area contributed by atoms with E-state index >= 15 is 0 Å². The van der Waals surface area contributed by atoms with Gasteiger partial charge in [0, 0.05) is 32.8 Å². The lowest BCUT2D eigenvalue weighted by molar-refractivity contribution is -0.146. The van der Waals surface area contributed by atoms with Crippen molar-refractivity contribution in [1.29, 1.82) is 0 Å². The topological polar surface area (TPSA) is 55.6 Å². The van der Waals surface area contributed by atoms with Gasteiger partial charge in [0.1, 0.15) is 0 Å². The third kappa shape index (κ3) is 4.06. The molecule has 2 aliphatic heterocycles. The number of ether oxygens (including phenoxy) is 1. The van der Waals surface area contributed by atoms with E-state index in [1.165, 1.54) is 5.56 Å². The van der Waals surface area contributed by atoms with E-state index in [4.69, 9.17) is 10.5 Å². The largest absolute Gasteiger partial charge is 0.381 e. The predicted molar refractivity (Wildman–Crippen MR) is 93.6 cm³/mol. The third-order valence-electron chi connectivity index (χ3n) is 5.23. The molecule has 0 saturated carbocycles. The molecule has 1 unspecified atom stereocenters. The van der Waals surface area contributed by atoms with E-state index in [1.54, 1.807) is 0 Å². The molecule has 1 aromatic rings. The molecule has 0 spiro atoms. The van der Waals surface area contributed by atoms with Crippen LogP contribution in [0, 0.1) is 11.3 Å². The predicted octanol–water partition coefficient (Wildman–Crippen LogP) is 2.25. The van der Waals surface area contributed by atoms with Crippen LogP contribution in [0.1, 0.15) is 24.8 Å². The molecule has 4 nitrogen and oxygen atoms in total. The molecule has 2 aliphatic rings. The monoisotopic (exact) mass is 338 g/mol. The molecule has 0 aromatic heterocycles. The summed E-state index contributed by atoms with van der Waals surface area (Å²) in [4.78, 5) is 15.0. The van der Waals surface area contributed by atoms with Gasteiger partial charge >= 0.3 is 0 Å². The number of nitrogens with zero attached hydrogens (tertiary/aromatic N) is 1. The lowest BCUT2D eigenvalue weighted by atomic mass is 9.79. The minimum atomic E-state index is -0.375. The van der Waals surface area contributed by atoms with Crippen LogP contribution in [0.15, 0.2) is 30.3 Å². The maximum atomic E-state index is 12.9. The van der Waals surface area contributed by atoms with E-state index in [2.05, 4.69) is 24.3 Å². The van der Waals surface area contributed by atoms with Gasteiger partial charge in [0.15, 0.2) is 0 Å². The van der Waals surface area contributed by atoms with E-state index in [0.29, 0.717) is 25.7 Å². The van der Waals surface area contributed by atoms with E-state index in [-0.39, 0.29) is 23.7 Å². The Kier molecular flexibility index (Phi) is 6.45. The Morgan fingerprint density at radius 2 is 1.96 bits per heavy atom. The van der Waals surface area contributed by atoms with E-state index in [0.717, 1.165) is 38.8 Å². The van der Waals surface area contributed by atoms with Crippen LogP contribution in [0.4, 0.5) is 0 Å². The molecule has 5 heteroatoms. The number of rotatable bonds is 4. The van der Waals surface area contributed by atoms with Crippen LogP contribution in [-0.2, 0) is 16.0 Å². The first-order valence-electron chi connectivity index (χ1n) is 8.35. The van der Waals surface area contributed by atoms with Crippen LogP contribution in [0.25, 0.3) is 0 Å². The van der Waals surface area contributed by atoms with Crippen molar-refractivity contribution in [3.63, 3.8) is 0 Å². The first-order chi connectivity index (χ1) is 10.7. The second-order valence-corrected chi connectivity index (χ2v) is 6.69. The third-order valence-corrected chi connectivity index (χ3v) is 5.23. The van der Waals surface area contributed by atoms with Crippen molar-refractivity contribution < 1.29 is 9.53 Å². The Morgan fingerprint density at radius 1 is 1.26 bits per heavy atom. The van der Waals surface area contributed by atoms with Crippen LogP contribution < -0.4 is 5.73 Å². The van der Waals surface area contributed by atoms with Gasteiger partial charge in [-0.2, -0.15) is 0 Å². The molecule has 2 N–H and O–H groups in total. The van der Waals surface area contributed by atoms with Crippen molar-refractivity contribution in [3.8, 4) is 0 Å². The van der Waals surface area contributed by atoms with Gasteiger partial charge in [-0.3, -0.25) is 4.79 Å². The number of hydrogen-bond acceptors (Lipinski definition) is 3. The fourth-order valence-electron chi connectivity index (χ4n) is 3.73. The summed E-state index contributed by atoms with van der Waals surface area (Å²) in [5.41, 5.74) is 6.95. The SMILES string of the molecule is Cl.NCC1(C(=O)N2CCC(Cc3ccccc3)C2)CCOCC1. The summed E-state index contributed by atoms with van der Waals surface area (Å²) < 4.78 is 5.41. The lowest BCUT2D eigenvalue weighted by Gasteiger charge is -2.37. The molecule has 3 rings (SSSR count). The maximum Gasteiger partial charge on any atom is 0.230 e. The molecular formula is C18H27ClN2O2. The van der Waals surface area contributed by atoms with Crippen molar-refractivity contribution in [2.75, 3.05) is 32.8 Å². The number of carbonyl (C=O) groups excluding carboxylic acids is 1. The van der Waals surface area contributed by atoms with Crippen LogP contribution >= 0.6 is 12.4 Å². The fraction of sp³-hybridized carbons (Fsp3) is 0.611. The minimum Gasteiger partial charge on any atom is -0.381 e. The first kappa shape index (κ1) is 18.2. The molecule has 1 atom stereocenters. The average molecular weight is 339 g/mol. The Bertz CT molecular complexity index is 503. The molecule has 1 amide bonds. The van der Waals surface area contributed by atoms with Crippen molar-refractivity contribution in [3.05, 3.63) is 35.9 Å². The number of likely N-dealkylation sites (tertiary alicyclic amines) is 1. The lowest BCUT2D eigenvalue weighted by Crippen LogP contribution is -2.50. The summed E-state index contributed by atoms with van der Waals surface area (Å²) in [6.07, 6.45) is 3.69. The molecule has 2 heterocycles. The van der Waals surface area contributed by atoms with Gasteiger partial charge in [-0.1, -0.05) is 30.3 Å². The molecule has 2 saturated heterocycles. The second-order valence-electron chi connectivity index (χ2n) is 6.69. The number of halogens is 1. The second kappa shape index (κ2) is 8.13. The highest BCUT2D eigenvalue weighted by atomic mass is 35.5. The minimum absolute atomic E-state index is 0. The van der Waals surface area contributed by atoms with Gasteiger partial charge < -0.3 is 15.4 Å².